The van der Waals surface area contributed by atoms with Gasteiger partial charge in [0.15, 0.2) is 0 Å². The van der Waals surface area contributed by atoms with E-state index in [0.717, 1.165) is 34.7 Å². The van der Waals surface area contributed by atoms with E-state index in [9.17, 15) is 4.79 Å². The van der Waals surface area contributed by atoms with Gasteiger partial charge in [0.05, 0.1) is 11.7 Å². The van der Waals surface area contributed by atoms with E-state index in [4.69, 9.17) is 11.6 Å². The van der Waals surface area contributed by atoms with Crippen LogP contribution in [0.5, 0.6) is 0 Å². The van der Waals surface area contributed by atoms with Crippen LogP contribution in [0.25, 0.3) is 11.3 Å². The lowest BCUT2D eigenvalue weighted by molar-refractivity contribution is -0.121. The molecule has 27 heavy (non-hydrogen) atoms. The minimum Gasteiger partial charge on any atom is -0.304 e. The van der Waals surface area contributed by atoms with E-state index >= 15 is 0 Å². The number of carbonyl (C=O) groups excluding carboxylic acids is 1. The van der Waals surface area contributed by atoms with Crippen LogP contribution in [-0.2, 0) is 11.2 Å². The van der Waals surface area contributed by atoms with Gasteiger partial charge in [-0.1, -0.05) is 23.7 Å². The number of piperazine rings is 1. The van der Waals surface area contributed by atoms with Gasteiger partial charge in [-0.2, -0.15) is 5.10 Å². The molecule has 2 N–H and O–H groups in total. The molecule has 138 valence electrons. The topological polar surface area (TPSA) is 73.9 Å². The fourth-order valence-corrected chi connectivity index (χ4v) is 3.54. The van der Waals surface area contributed by atoms with E-state index in [1.54, 1.807) is 17.3 Å². The summed E-state index contributed by atoms with van der Waals surface area (Å²) in [5.41, 5.74) is 3.85. The molecule has 0 spiro atoms. The number of benzene rings is 1. The van der Waals surface area contributed by atoms with Gasteiger partial charge in [-0.25, -0.2) is 0 Å². The molecular weight excluding hydrogens is 362 g/mol. The number of aromatic nitrogens is 3. The zero-order valence-electron chi connectivity index (χ0n) is 14.9. The predicted molar refractivity (Wildman–Crippen MR) is 106 cm³/mol. The van der Waals surface area contributed by atoms with Crippen molar-refractivity contribution in [1.29, 1.82) is 0 Å². The first-order valence-electron chi connectivity index (χ1n) is 8.88. The maximum absolute atomic E-state index is 13.1. The number of nitrogens with zero attached hydrogens (tertiary/aromatic N) is 3. The third-order valence-corrected chi connectivity index (χ3v) is 5.10. The Hall–Kier alpha value is -2.70. The summed E-state index contributed by atoms with van der Waals surface area (Å²) >= 11 is 5.95. The quantitative estimate of drug-likeness (QED) is 0.728. The fourth-order valence-electron chi connectivity index (χ4n) is 3.42. The van der Waals surface area contributed by atoms with Crippen molar-refractivity contribution in [3.8, 4) is 11.3 Å². The van der Waals surface area contributed by atoms with Crippen LogP contribution in [0.1, 0.15) is 11.1 Å². The first-order valence-corrected chi connectivity index (χ1v) is 9.26. The summed E-state index contributed by atoms with van der Waals surface area (Å²) in [7, 11) is 0. The van der Waals surface area contributed by atoms with Crippen LogP contribution in [0, 0.1) is 6.92 Å². The lowest BCUT2D eigenvalue weighted by atomic mass is 10.0. The van der Waals surface area contributed by atoms with Crippen molar-refractivity contribution >= 4 is 23.3 Å². The minimum atomic E-state index is -0.271. The highest BCUT2D eigenvalue weighted by atomic mass is 35.5. The lowest BCUT2D eigenvalue weighted by Crippen LogP contribution is -2.56. The zero-order chi connectivity index (χ0) is 18.8. The van der Waals surface area contributed by atoms with E-state index in [2.05, 4.69) is 20.5 Å². The summed E-state index contributed by atoms with van der Waals surface area (Å²) in [6.45, 7) is 3.32. The van der Waals surface area contributed by atoms with Gasteiger partial charge in [-0.05, 0) is 43.2 Å². The molecule has 4 rings (SSSR count). The molecule has 6 nitrogen and oxygen atoms in total. The van der Waals surface area contributed by atoms with Crippen LogP contribution in [0.15, 0.2) is 48.8 Å². The number of amides is 1. The highest BCUT2D eigenvalue weighted by Crippen LogP contribution is 2.29. The Morgan fingerprint density at radius 1 is 1.19 bits per heavy atom. The second-order valence-corrected chi connectivity index (χ2v) is 7.05. The van der Waals surface area contributed by atoms with Gasteiger partial charge < -0.3 is 5.32 Å². The molecule has 3 aromatic rings. The first kappa shape index (κ1) is 17.7. The number of anilines is 1. The maximum Gasteiger partial charge on any atom is 0.245 e. The summed E-state index contributed by atoms with van der Waals surface area (Å²) in [4.78, 5) is 18.9. The van der Waals surface area contributed by atoms with Gasteiger partial charge in [0, 0.05) is 41.6 Å². The summed E-state index contributed by atoms with van der Waals surface area (Å²) in [6.07, 6.45) is 4.10. The summed E-state index contributed by atoms with van der Waals surface area (Å²) in [5, 5.41) is 11.5. The molecule has 1 atom stereocenters. The number of aromatic amines is 1. The zero-order valence-corrected chi connectivity index (χ0v) is 15.7. The minimum absolute atomic E-state index is 0.0456. The number of hydrogen-bond acceptors (Lipinski definition) is 4. The van der Waals surface area contributed by atoms with Crippen LogP contribution < -0.4 is 10.2 Å². The van der Waals surface area contributed by atoms with E-state index in [-0.39, 0.29) is 11.9 Å². The molecule has 0 aliphatic carbocycles. The van der Waals surface area contributed by atoms with Gasteiger partial charge in [-0.3, -0.25) is 19.8 Å². The van der Waals surface area contributed by atoms with Crippen LogP contribution in [0.3, 0.4) is 0 Å². The number of H-pyrrole nitrogens is 1. The van der Waals surface area contributed by atoms with E-state index < -0.39 is 0 Å². The number of nitrogens with one attached hydrogen (secondary N) is 2. The molecule has 1 unspecified atom stereocenters. The number of halogens is 1. The molecule has 1 fully saturated rings. The van der Waals surface area contributed by atoms with Crippen LogP contribution in [-0.4, -0.2) is 40.2 Å². The van der Waals surface area contributed by atoms with E-state index in [1.807, 2.05) is 43.3 Å². The van der Waals surface area contributed by atoms with Crippen molar-refractivity contribution in [2.45, 2.75) is 19.4 Å². The molecule has 1 aliphatic rings. The summed E-state index contributed by atoms with van der Waals surface area (Å²) in [6, 6.07) is 11.2. The summed E-state index contributed by atoms with van der Waals surface area (Å²) < 4.78 is 0. The molecule has 1 aliphatic heterocycles. The normalized spacial score (nSPS) is 17.3. The molecule has 0 radical (unpaired) electrons. The van der Waals surface area contributed by atoms with Gasteiger partial charge in [0.1, 0.15) is 5.82 Å². The van der Waals surface area contributed by atoms with Gasteiger partial charge in [0.25, 0.3) is 0 Å². The SMILES string of the molecule is Cc1c(-c2ccncc2)n[nH]c1N1CCNC(Cc2ccc(Cl)cc2)C1=O. The van der Waals surface area contributed by atoms with E-state index in [1.165, 1.54) is 0 Å². The number of hydrogen-bond donors (Lipinski definition) is 2. The Morgan fingerprint density at radius 2 is 1.93 bits per heavy atom. The third kappa shape index (κ3) is 3.59. The molecule has 3 heterocycles. The highest BCUT2D eigenvalue weighted by molar-refractivity contribution is 6.30. The molecule has 0 saturated carbocycles. The lowest BCUT2D eigenvalue weighted by Gasteiger charge is -2.32. The Morgan fingerprint density at radius 3 is 2.67 bits per heavy atom. The van der Waals surface area contributed by atoms with Crippen molar-refractivity contribution in [3.05, 3.63) is 64.9 Å². The molecule has 2 aromatic heterocycles. The van der Waals surface area contributed by atoms with Crippen molar-refractivity contribution < 1.29 is 4.79 Å². The third-order valence-electron chi connectivity index (χ3n) is 4.85. The van der Waals surface area contributed by atoms with Crippen molar-refractivity contribution in [3.63, 3.8) is 0 Å². The Kier molecular flexibility index (Phi) is 4.92. The van der Waals surface area contributed by atoms with Crippen LogP contribution >= 0.6 is 11.6 Å². The molecule has 7 heteroatoms. The average molecular weight is 382 g/mol. The fraction of sp³-hybridized carbons (Fsp3) is 0.250. The van der Waals surface area contributed by atoms with Gasteiger partial charge in [-0.15, -0.1) is 0 Å². The second kappa shape index (κ2) is 7.50. The smallest absolute Gasteiger partial charge is 0.245 e. The number of carbonyl (C=O) groups is 1. The Labute approximate surface area is 162 Å². The Balaban J connectivity index is 1.56. The molecule has 1 saturated heterocycles. The largest absolute Gasteiger partial charge is 0.304 e. The first-order chi connectivity index (χ1) is 13.1. The van der Waals surface area contributed by atoms with Gasteiger partial charge in [0.2, 0.25) is 5.91 Å². The molecule has 1 aromatic carbocycles. The standard InChI is InChI=1S/C20H20ClN5O/c1-13-18(15-6-8-22-9-7-15)24-25-19(13)26-11-10-23-17(20(26)27)12-14-2-4-16(21)5-3-14/h2-9,17,23H,10-12H2,1H3,(H,24,25). The number of pyridine rings is 1. The molecule has 0 bridgehead atoms. The van der Waals surface area contributed by atoms with Crippen molar-refractivity contribution in [2.24, 2.45) is 0 Å². The number of rotatable bonds is 4. The Bertz CT molecular complexity index is 939. The van der Waals surface area contributed by atoms with Crippen LogP contribution in [0.2, 0.25) is 5.02 Å². The highest BCUT2D eigenvalue weighted by Gasteiger charge is 2.31. The van der Waals surface area contributed by atoms with E-state index in [0.29, 0.717) is 18.0 Å². The average Bonchev–Trinajstić information content (AvgIpc) is 3.07. The second-order valence-electron chi connectivity index (χ2n) is 6.61. The monoisotopic (exact) mass is 381 g/mol. The molecular formula is C20H20ClN5O. The van der Waals surface area contributed by atoms with Crippen molar-refractivity contribution in [2.75, 3.05) is 18.0 Å². The molecule has 1 amide bonds. The van der Waals surface area contributed by atoms with Gasteiger partial charge >= 0.3 is 0 Å². The summed E-state index contributed by atoms with van der Waals surface area (Å²) in [5.74, 6) is 0.804. The maximum atomic E-state index is 13.1. The predicted octanol–water partition coefficient (Wildman–Crippen LogP) is 2.98. The van der Waals surface area contributed by atoms with Crippen molar-refractivity contribution in [1.82, 2.24) is 20.5 Å². The van der Waals surface area contributed by atoms with Crippen LogP contribution in [0.4, 0.5) is 5.82 Å².